The maximum Gasteiger partial charge on any atom is 0.417 e. The van der Waals surface area contributed by atoms with Crippen LogP contribution < -0.4 is 5.32 Å². The zero-order chi connectivity index (χ0) is 19.2. The standard InChI is InChI=1S/C20H11ClF3NO2/c21-16-10-12(6-7-15(16)20(22,23)24)25-19(26)11-5-8-18-14(9-11)13-3-1-2-4-17(13)27-18/h1-10H,(H,25,26). The normalized spacial score (nSPS) is 11.9. The van der Waals surface area contributed by atoms with Gasteiger partial charge in [0.25, 0.3) is 5.91 Å². The maximum atomic E-state index is 12.8. The number of furan rings is 1. The van der Waals surface area contributed by atoms with Crippen molar-refractivity contribution in [3.05, 3.63) is 76.8 Å². The molecule has 3 nitrogen and oxygen atoms in total. The number of amides is 1. The highest BCUT2D eigenvalue weighted by Crippen LogP contribution is 2.36. The molecule has 4 rings (SSSR count). The summed E-state index contributed by atoms with van der Waals surface area (Å²) in [5.74, 6) is -0.460. The third-order valence-electron chi connectivity index (χ3n) is 4.17. The van der Waals surface area contributed by atoms with Gasteiger partial charge in [0, 0.05) is 22.0 Å². The molecule has 0 spiro atoms. The first-order valence-electron chi connectivity index (χ1n) is 7.92. The molecular weight excluding hydrogens is 379 g/mol. The number of anilines is 1. The Bertz CT molecular complexity index is 1180. The molecule has 1 amide bonds. The van der Waals surface area contributed by atoms with Gasteiger partial charge in [-0.05, 0) is 42.5 Å². The lowest BCUT2D eigenvalue weighted by molar-refractivity contribution is -0.137. The van der Waals surface area contributed by atoms with Crippen molar-refractivity contribution in [1.82, 2.24) is 0 Å². The quantitative estimate of drug-likeness (QED) is 0.424. The number of para-hydroxylation sites is 1. The SMILES string of the molecule is O=C(Nc1ccc(C(F)(F)F)c(Cl)c1)c1ccc2oc3ccccc3c2c1. The van der Waals surface area contributed by atoms with E-state index in [1.807, 2.05) is 24.3 Å². The van der Waals surface area contributed by atoms with Crippen LogP contribution in [0, 0.1) is 0 Å². The van der Waals surface area contributed by atoms with Crippen LogP contribution in [0.25, 0.3) is 21.9 Å². The van der Waals surface area contributed by atoms with Crippen molar-refractivity contribution in [3.8, 4) is 0 Å². The Labute approximate surface area is 156 Å². The summed E-state index contributed by atoms with van der Waals surface area (Å²) in [5.41, 5.74) is 0.929. The van der Waals surface area contributed by atoms with Crippen molar-refractivity contribution >= 4 is 45.1 Å². The van der Waals surface area contributed by atoms with Gasteiger partial charge in [0.05, 0.1) is 10.6 Å². The third kappa shape index (κ3) is 3.24. The van der Waals surface area contributed by atoms with Crippen LogP contribution in [0.4, 0.5) is 18.9 Å². The van der Waals surface area contributed by atoms with Gasteiger partial charge < -0.3 is 9.73 Å². The molecule has 0 saturated carbocycles. The molecule has 4 aromatic rings. The smallest absolute Gasteiger partial charge is 0.417 e. The fourth-order valence-corrected chi connectivity index (χ4v) is 3.18. The fourth-order valence-electron chi connectivity index (χ4n) is 2.89. The van der Waals surface area contributed by atoms with Crippen LogP contribution in [0.3, 0.4) is 0 Å². The molecule has 0 aliphatic carbocycles. The fraction of sp³-hybridized carbons (Fsp3) is 0.0500. The second-order valence-corrected chi connectivity index (χ2v) is 6.36. The van der Waals surface area contributed by atoms with Gasteiger partial charge in [0.15, 0.2) is 0 Å². The summed E-state index contributed by atoms with van der Waals surface area (Å²) in [6.07, 6.45) is -4.55. The Hall–Kier alpha value is -2.99. The monoisotopic (exact) mass is 389 g/mol. The second-order valence-electron chi connectivity index (χ2n) is 5.96. The first-order valence-corrected chi connectivity index (χ1v) is 8.30. The maximum absolute atomic E-state index is 12.8. The molecule has 1 heterocycles. The average Bonchev–Trinajstić information content (AvgIpc) is 2.98. The minimum Gasteiger partial charge on any atom is -0.456 e. The summed E-state index contributed by atoms with van der Waals surface area (Å²) in [4.78, 5) is 12.5. The zero-order valence-corrected chi connectivity index (χ0v) is 14.4. The molecule has 136 valence electrons. The van der Waals surface area contributed by atoms with Crippen LogP contribution in [0.2, 0.25) is 5.02 Å². The van der Waals surface area contributed by atoms with Crippen molar-refractivity contribution < 1.29 is 22.4 Å². The molecule has 27 heavy (non-hydrogen) atoms. The Morgan fingerprint density at radius 2 is 1.67 bits per heavy atom. The van der Waals surface area contributed by atoms with Crippen LogP contribution in [0.15, 0.2) is 65.1 Å². The van der Waals surface area contributed by atoms with Crippen molar-refractivity contribution in [1.29, 1.82) is 0 Å². The van der Waals surface area contributed by atoms with E-state index in [1.165, 1.54) is 6.07 Å². The van der Waals surface area contributed by atoms with E-state index in [0.717, 1.165) is 22.9 Å². The molecule has 0 aliphatic heterocycles. The number of carbonyl (C=O) groups excluding carboxylic acids is 1. The van der Waals surface area contributed by atoms with E-state index in [-0.39, 0.29) is 5.69 Å². The van der Waals surface area contributed by atoms with E-state index in [0.29, 0.717) is 16.7 Å². The number of hydrogen-bond donors (Lipinski definition) is 1. The summed E-state index contributed by atoms with van der Waals surface area (Å²) >= 11 is 5.69. The van der Waals surface area contributed by atoms with Crippen LogP contribution in [0.5, 0.6) is 0 Å². The van der Waals surface area contributed by atoms with Gasteiger partial charge in [-0.25, -0.2) is 0 Å². The molecule has 0 radical (unpaired) electrons. The lowest BCUT2D eigenvalue weighted by Crippen LogP contribution is -2.12. The number of halogens is 4. The van der Waals surface area contributed by atoms with E-state index in [1.54, 1.807) is 18.2 Å². The van der Waals surface area contributed by atoms with E-state index >= 15 is 0 Å². The van der Waals surface area contributed by atoms with E-state index < -0.39 is 22.7 Å². The van der Waals surface area contributed by atoms with E-state index in [9.17, 15) is 18.0 Å². The molecule has 1 N–H and O–H groups in total. The molecular formula is C20H11ClF3NO2. The largest absolute Gasteiger partial charge is 0.456 e. The zero-order valence-electron chi connectivity index (χ0n) is 13.6. The number of alkyl halides is 3. The van der Waals surface area contributed by atoms with Gasteiger partial charge in [0.1, 0.15) is 11.2 Å². The minimum absolute atomic E-state index is 0.176. The molecule has 0 aliphatic rings. The van der Waals surface area contributed by atoms with Gasteiger partial charge in [-0.1, -0.05) is 29.8 Å². The summed E-state index contributed by atoms with van der Waals surface area (Å²) < 4.78 is 44.0. The average molecular weight is 390 g/mol. The number of nitrogens with one attached hydrogen (secondary N) is 1. The highest BCUT2D eigenvalue weighted by atomic mass is 35.5. The number of hydrogen-bond acceptors (Lipinski definition) is 2. The summed E-state index contributed by atoms with van der Waals surface area (Å²) in [6.45, 7) is 0. The van der Waals surface area contributed by atoms with Crippen LogP contribution >= 0.6 is 11.6 Å². The predicted molar refractivity (Wildman–Crippen MR) is 98.1 cm³/mol. The Morgan fingerprint density at radius 1 is 0.926 bits per heavy atom. The predicted octanol–water partition coefficient (Wildman–Crippen LogP) is 6.51. The van der Waals surface area contributed by atoms with Gasteiger partial charge in [-0.2, -0.15) is 13.2 Å². The Balaban J connectivity index is 1.65. The molecule has 1 aromatic heterocycles. The number of benzene rings is 3. The van der Waals surface area contributed by atoms with Gasteiger partial charge >= 0.3 is 6.18 Å². The van der Waals surface area contributed by atoms with Crippen LogP contribution in [-0.4, -0.2) is 5.91 Å². The Morgan fingerprint density at radius 3 is 2.41 bits per heavy atom. The molecule has 0 unspecified atom stereocenters. The van der Waals surface area contributed by atoms with E-state index in [4.69, 9.17) is 16.0 Å². The topological polar surface area (TPSA) is 42.2 Å². The molecule has 3 aromatic carbocycles. The summed E-state index contributed by atoms with van der Waals surface area (Å²) in [6, 6.07) is 15.5. The van der Waals surface area contributed by atoms with Gasteiger partial charge in [-0.3, -0.25) is 4.79 Å². The van der Waals surface area contributed by atoms with Crippen molar-refractivity contribution in [3.63, 3.8) is 0 Å². The molecule has 0 fully saturated rings. The molecule has 0 saturated heterocycles. The van der Waals surface area contributed by atoms with E-state index in [2.05, 4.69) is 5.32 Å². The van der Waals surface area contributed by atoms with Crippen LogP contribution in [-0.2, 0) is 6.18 Å². The highest BCUT2D eigenvalue weighted by Gasteiger charge is 2.33. The lowest BCUT2D eigenvalue weighted by atomic mass is 10.1. The second kappa shape index (κ2) is 6.32. The summed E-state index contributed by atoms with van der Waals surface area (Å²) in [7, 11) is 0. The Kier molecular flexibility index (Phi) is 4.08. The molecule has 0 bridgehead atoms. The minimum atomic E-state index is -4.55. The highest BCUT2D eigenvalue weighted by molar-refractivity contribution is 6.31. The van der Waals surface area contributed by atoms with Crippen molar-refractivity contribution in [2.45, 2.75) is 6.18 Å². The lowest BCUT2D eigenvalue weighted by Gasteiger charge is -2.11. The molecule has 0 atom stereocenters. The van der Waals surface area contributed by atoms with Crippen molar-refractivity contribution in [2.24, 2.45) is 0 Å². The first-order chi connectivity index (χ1) is 12.8. The first kappa shape index (κ1) is 17.4. The van der Waals surface area contributed by atoms with Gasteiger partial charge in [-0.15, -0.1) is 0 Å². The van der Waals surface area contributed by atoms with Crippen LogP contribution in [0.1, 0.15) is 15.9 Å². The van der Waals surface area contributed by atoms with Crippen molar-refractivity contribution in [2.75, 3.05) is 5.32 Å². The summed E-state index contributed by atoms with van der Waals surface area (Å²) in [5, 5.41) is 3.74. The van der Waals surface area contributed by atoms with Gasteiger partial charge in [0.2, 0.25) is 0 Å². The third-order valence-corrected chi connectivity index (χ3v) is 4.48. The molecule has 7 heteroatoms. The number of rotatable bonds is 2. The number of fused-ring (bicyclic) bond motifs is 3. The number of carbonyl (C=O) groups is 1.